The van der Waals surface area contributed by atoms with Crippen LogP contribution in [0.2, 0.25) is 0 Å². The number of hydrogen-bond acceptors (Lipinski definition) is 4. The normalized spacial score (nSPS) is 14.9. The van der Waals surface area contributed by atoms with Crippen molar-refractivity contribution in [1.82, 2.24) is 0 Å². The van der Waals surface area contributed by atoms with E-state index in [4.69, 9.17) is 4.52 Å². The molecule has 0 heterocycles. The highest BCUT2D eigenvalue weighted by molar-refractivity contribution is 7.68. The third kappa shape index (κ3) is 3.23. The van der Waals surface area contributed by atoms with Crippen LogP contribution in [-0.2, 0) is 9.09 Å². The van der Waals surface area contributed by atoms with Gasteiger partial charge in [-0.3, -0.25) is 14.7 Å². The zero-order chi connectivity index (χ0) is 14.5. The molecule has 0 amide bonds. The third-order valence-corrected chi connectivity index (χ3v) is 6.16. The topological polar surface area (TPSA) is 69.4 Å². The Labute approximate surface area is 113 Å². The van der Waals surface area contributed by atoms with Gasteiger partial charge in [-0.05, 0) is 18.6 Å². The minimum atomic E-state index is -3.56. The molecule has 5 nitrogen and oxygen atoms in total. The molecule has 0 bridgehead atoms. The van der Waals surface area contributed by atoms with Crippen molar-refractivity contribution in [3.63, 3.8) is 0 Å². The molecule has 6 heteroatoms. The van der Waals surface area contributed by atoms with E-state index in [1.165, 1.54) is 13.8 Å². The van der Waals surface area contributed by atoms with Gasteiger partial charge in [-0.2, -0.15) is 0 Å². The van der Waals surface area contributed by atoms with Gasteiger partial charge in [0.25, 0.3) is 5.28 Å². The summed E-state index contributed by atoms with van der Waals surface area (Å²) in [6.07, 6.45) is 1.61. The molecule has 19 heavy (non-hydrogen) atoms. The first kappa shape index (κ1) is 15.9. The molecule has 0 radical (unpaired) electrons. The van der Waals surface area contributed by atoms with E-state index in [0.717, 1.165) is 12.8 Å². The monoisotopic (exact) mass is 285 g/mol. The molecule has 0 aliphatic carbocycles. The van der Waals surface area contributed by atoms with Crippen LogP contribution in [0.25, 0.3) is 0 Å². The molecule has 106 valence electrons. The Morgan fingerprint density at radius 3 is 2.37 bits per heavy atom. The van der Waals surface area contributed by atoms with Gasteiger partial charge in [0.15, 0.2) is 0 Å². The summed E-state index contributed by atoms with van der Waals surface area (Å²) in [6.45, 7) is 4.95. The quantitative estimate of drug-likeness (QED) is 0.333. The van der Waals surface area contributed by atoms with Gasteiger partial charge in [-0.15, -0.1) is 0 Å². The van der Waals surface area contributed by atoms with E-state index in [2.05, 4.69) is 0 Å². The van der Waals surface area contributed by atoms with Crippen LogP contribution in [0.1, 0.15) is 33.6 Å². The van der Waals surface area contributed by atoms with Gasteiger partial charge < -0.3 is 4.52 Å². The van der Waals surface area contributed by atoms with Crippen LogP contribution in [0.15, 0.2) is 30.3 Å². The first-order valence-corrected chi connectivity index (χ1v) is 7.93. The molecule has 0 saturated carbocycles. The average molecular weight is 285 g/mol. The predicted octanol–water partition coefficient (Wildman–Crippen LogP) is 3.42. The lowest BCUT2D eigenvalue weighted by Gasteiger charge is -2.27. The second-order valence-electron chi connectivity index (χ2n) is 4.83. The summed E-state index contributed by atoms with van der Waals surface area (Å²) in [7, 11) is -3.56. The number of benzene rings is 1. The first-order chi connectivity index (χ1) is 8.86. The van der Waals surface area contributed by atoms with Crippen LogP contribution in [0.5, 0.6) is 0 Å². The van der Waals surface area contributed by atoms with Gasteiger partial charge in [0.05, 0.1) is 6.61 Å². The number of hydrogen-bond donors (Lipinski definition) is 0. The molecule has 0 fully saturated rings. The van der Waals surface area contributed by atoms with Crippen LogP contribution >= 0.6 is 7.37 Å². The van der Waals surface area contributed by atoms with Crippen LogP contribution < -0.4 is 5.30 Å². The Balaban J connectivity index is 3.18. The maximum absolute atomic E-state index is 13.1. The standard InChI is InChI=1S/C13H20NO4P/c1-4-5-11-18-19(17,13(2,3)14(15)16)12-9-7-6-8-10-12/h6-10H,4-5,11H2,1-3H3. The summed E-state index contributed by atoms with van der Waals surface area (Å²) < 4.78 is 18.6. The number of rotatable bonds is 7. The van der Waals surface area contributed by atoms with Gasteiger partial charge in [0.1, 0.15) is 0 Å². The Morgan fingerprint density at radius 2 is 1.89 bits per heavy atom. The molecule has 1 unspecified atom stereocenters. The van der Waals surface area contributed by atoms with E-state index >= 15 is 0 Å². The largest absolute Gasteiger partial charge is 0.320 e. The summed E-state index contributed by atoms with van der Waals surface area (Å²) in [5, 5.41) is 9.99. The zero-order valence-corrected chi connectivity index (χ0v) is 12.4. The van der Waals surface area contributed by atoms with Crippen LogP contribution in [0.3, 0.4) is 0 Å². The van der Waals surface area contributed by atoms with E-state index in [0.29, 0.717) is 5.30 Å². The molecule has 1 atom stereocenters. The Kier molecular flexibility index (Phi) is 5.27. The van der Waals surface area contributed by atoms with Gasteiger partial charge >= 0.3 is 7.37 Å². The molecule has 0 aliphatic rings. The Morgan fingerprint density at radius 1 is 1.32 bits per heavy atom. The van der Waals surface area contributed by atoms with E-state index in [9.17, 15) is 14.7 Å². The van der Waals surface area contributed by atoms with Gasteiger partial charge in [0, 0.05) is 24.1 Å². The van der Waals surface area contributed by atoms with Crippen molar-refractivity contribution in [3.8, 4) is 0 Å². The fourth-order valence-electron chi connectivity index (χ4n) is 1.62. The SMILES string of the molecule is CCCCOP(=O)(c1ccccc1)C(C)(C)[N+](=O)[O-]. The van der Waals surface area contributed by atoms with Crippen molar-refractivity contribution in [2.45, 2.75) is 38.9 Å². The summed E-state index contributed by atoms with van der Waals surface area (Å²) in [6, 6.07) is 8.44. The smallest absolute Gasteiger partial charge is 0.306 e. The van der Waals surface area contributed by atoms with Crippen molar-refractivity contribution < 1.29 is 14.0 Å². The Hall–Kier alpha value is -1.19. The van der Waals surface area contributed by atoms with E-state index in [-0.39, 0.29) is 6.61 Å². The lowest BCUT2D eigenvalue weighted by Crippen LogP contribution is -2.36. The maximum atomic E-state index is 13.1. The average Bonchev–Trinajstić information content (AvgIpc) is 2.39. The van der Waals surface area contributed by atoms with Crippen LogP contribution in [0, 0.1) is 10.1 Å². The van der Waals surface area contributed by atoms with Crippen LogP contribution in [-0.4, -0.2) is 16.8 Å². The fourth-order valence-corrected chi connectivity index (χ4v) is 3.88. The molecule has 1 aromatic rings. The number of nitro groups is 1. The van der Waals surface area contributed by atoms with E-state index in [1.807, 2.05) is 6.92 Å². The summed E-state index contributed by atoms with van der Waals surface area (Å²) in [5.74, 6) is 0. The molecule has 0 aliphatic heterocycles. The van der Waals surface area contributed by atoms with E-state index in [1.54, 1.807) is 30.3 Å². The molecule has 0 aromatic heterocycles. The van der Waals surface area contributed by atoms with Gasteiger partial charge in [-0.25, -0.2) is 0 Å². The molecule has 1 rings (SSSR count). The number of unbranched alkanes of at least 4 members (excludes halogenated alkanes) is 1. The summed E-state index contributed by atoms with van der Waals surface area (Å²) in [4.78, 5) is 10.7. The molecule has 0 saturated heterocycles. The third-order valence-electron chi connectivity index (χ3n) is 3.03. The molecule has 1 aromatic carbocycles. The van der Waals surface area contributed by atoms with Gasteiger partial charge in [-0.1, -0.05) is 31.5 Å². The molecular formula is C13H20NO4P. The van der Waals surface area contributed by atoms with Gasteiger partial charge in [0.2, 0.25) is 0 Å². The highest BCUT2D eigenvalue weighted by Crippen LogP contribution is 2.58. The summed E-state index contributed by atoms with van der Waals surface area (Å²) in [5.41, 5.74) is 0. The predicted molar refractivity (Wildman–Crippen MR) is 75.6 cm³/mol. The zero-order valence-electron chi connectivity index (χ0n) is 11.5. The highest BCUT2D eigenvalue weighted by atomic mass is 31.2. The van der Waals surface area contributed by atoms with Crippen molar-refractivity contribution in [3.05, 3.63) is 40.4 Å². The minimum absolute atomic E-state index is 0.264. The second kappa shape index (κ2) is 6.31. The fraction of sp³-hybridized carbons (Fsp3) is 0.538. The summed E-state index contributed by atoms with van der Waals surface area (Å²) >= 11 is 0. The second-order valence-corrected chi connectivity index (χ2v) is 7.80. The van der Waals surface area contributed by atoms with Crippen molar-refractivity contribution in [2.75, 3.05) is 6.61 Å². The highest BCUT2D eigenvalue weighted by Gasteiger charge is 2.53. The number of nitrogens with zero attached hydrogens (tertiary/aromatic N) is 1. The Bertz CT molecular complexity index is 473. The minimum Gasteiger partial charge on any atom is -0.320 e. The van der Waals surface area contributed by atoms with Crippen molar-refractivity contribution in [1.29, 1.82) is 0 Å². The van der Waals surface area contributed by atoms with Crippen LogP contribution in [0.4, 0.5) is 0 Å². The maximum Gasteiger partial charge on any atom is 0.306 e. The molecule has 0 N–H and O–H groups in total. The van der Waals surface area contributed by atoms with E-state index < -0.39 is 17.6 Å². The molecular weight excluding hydrogens is 265 g/mol. The van der Waals surface area contributed by atoms with Crippen molar-refractivity contribution in [2.24, 2.45) is 0 Å². The lowest BCUT2D eigenvalue weighted by molar-refractivity contribution is -0.533. The molecule has 0 spiro atoms. The lowest BCUT2D eigenvalue weighted by atomic mass is 10.4. The van der Waals surface area contributed by atoms with Crippen molar-refractivity contribution >= 4 is 12.7 Å². The first-order valence-electron chi connectivity index (χ1n) is 6.31.